The van der Waals surface area contributed by atoms with Gasteiger partial charge in [-0.3, -0.25) is 0 Å². The molecule has 17 heavy (non-hydrogen) atoms. The average Bonchev–Trinajstić information content (AvgIpc) is 2.68. The van der Waals surface area contributed by atoms with Gasteiger partial charge in [0.15, 0.2) is 5.82 Å². The summed E-state index contributed by atoms with van der Waals surface area (Å²) >= 11 is 0. The van der Waals surface area contributed by atoms with Gasteiger partial charge in [-0.2, -0.15) is 5.10 Å². The van der Waals surface area contributed by atoms with E-state index in [0.717, 1.165) is 43.0 Å². The van der Waals surface area contributed by atoms with Crippen molar-refractivity contribution in [2.75, 3.05) is 18.0 Å². The van der Waals surface area contributed by atoms with Crippen LogP contribution in [0.15, 0.2) is 18.5 Å². The van der Waals surface area contributed by atoms with Crippen molar-refractivity contribution in [3.63, 3.8) is 0 Å². The number of piperidine rings is 1. The Bertz CT molecular complexity index is 533. The molecule has 1 aliphatic heterocycles. The van der Waals surface area contributed by atoms with Crippen LogP contribution < -0.4 is 10.6 Å². The molecule has 3 rings (SSSR count). The first-order valence-electron chi connectivity index (χ1n) is 6.05. The Morgan fingerprint density at radius 2 is 2.35 bits per heavy atom. The summed E-state index contributed by atoms with van der Waals surface area (Å²) in [6.45, 7) is 3.92. The molecule has 1 aliphatic rings. The van der Waals surface area contributed by atoms with Gasteiger partial charge in [0, 0.05) is 31.5 Å². The van der Waals surface area contributed by atoms with Crippen LogP contribution in [0.25, 0.3) is 5.52 Å². The van der Waals surface area contributed by atoms with Gasteiger partial charge in [0.2, 0.25) is 0 Å². The molecular formula is C12H17N5. The summed E-state index contributed by atoms with van der Waals surface area (Å²) in [5.74, 6) is 1.00. The van der Waals surface area contributed by atoms with E-state index in [-0.39, 0.29) is 6.04 Å². The van der Waals surface area contributed by atoms with E-state index in [2.05, 4.69) is 21.0 Å². The van der Waals surface area contributed by atoms with Gasteiger partial charge in [0.1, 0.15) is 5.52 Å². The van der Waals surface area contributed by atoms with Crippen LogP contribution in [0.3, 0.4) is 0 Å². The third-order valence-electron chi connectivity index (χ3n) is 3.25. The summed E-state index contributed by atoms with van der Waals surface area (Å²) < 4.78 is 1.89. The van der Waals surface area contributed by atoms with Gasteiger partial charge in [0.05, 0.1) is 5.69 Å². The molecule has 0 bridgehead atoms. The number of nitrogens with two attached hydrogens (primary N) is 1. The predicted octanol–water partition coefficient (Wildman–Crippen LogP) is 0.965. The quantitative estimate of drug-likeness (QED) is 0.794. The van der Waals surface area contributed by atoms with Gasteiger partial charge in [-0.15, -0.1) is 0 Å². The van der Waals surface area contributed by atoms with Gasteiger partial charge in [-0.25, -0.2) is 9.50 Å². The van der Waals surface area contributed by atoms with Crippen LogP contribution >= 0.6 is 0 Å². The van der Waals surface area contributed by atoms with Crippen LogP contribution in [0.5, 0.6) is 0 Å². The minimum Gasteiger partial charge on any atom is -0.353 e. The largest absolute Gasteiger partial charge is 0.353 e. The molecule has 3 heterocycles. The van der Waals surface area contributed by atoms with Gasteiger partial charge in [-0.1, -0.05) is 0 Å². The van der Waals surface area contributed by atoms with E-state index < -0.39 is 0 Å². The first-order chi connectivity index (χ1) is 8.24. The van der Waals surface area contributed by atoms with Crippen molar-refractivity contribution in [3.05, 3.63) is 24.2 Å². The van der Waals surface area contributed by atoms with E-state index in [1.54, 1.807) is 6.20 Å². The molecule has 1 fully saturated rings. The number of hydrogen-bond donors (Lipinski definition) is 1. The molecule has 0 aliphatic carbocycles. The number of aryl methyl sites for hydroxylation is 1. The highest BCUT2D eigenvalue weighted by Gasteiger charge is 2.20. The molecule has 0 radical (unpaired) electrons. The molecule has 0 aromatic carbocycles. The van der Waals surface area contributed by atoms with Crippen molar-refractivity contribution in [3.8, 4) is 0 Å². The predicted molar refractivity (Wildman–Crippen MR) is 67.1 cm³/mol. The first kappa shape index (κ1) is 10.5. The third-order valence-corrected chi connectivity index (χ3v) is 3.25. The maximum atomic E-state index is 6.02. The molecule has 90 valence electrons. The zero-order chi connectivity index (χ0) is 11.8. The van der Waals surface area contributed by atoms with Gasteiger partial charge >= 0.3 is 0 Å². The van der Waals surface area contributed by atoms with Gasteiger partial charge in [0.25, 0.3) is 0 Å². The van der Waals surface area contributed by atoms with Crippen LogP contribution in [0, 0.1) is 6.92 Å². The molecule has 0 spiro atoms. The highest BCUT2D eigenvalue weighted by molar-refractivity contribution is 5.69. The van der Waals surface area contributed by atoms with Crippen LogP contribution in [0.2, 0.25) is 0 Å². The third kappa shape index (κ3) is 1.86. The second kappa shape index (κ2) is 4.00. The highest BCUT2D eigenvalue weighted by atomic mass is 15.3. The van der Waals surface area contributed by atoms with E-state index in [1.807, 2.05) is 17.6 Å². The van der Waals surface area contributed by atoms with Crippen molar-refractivity contribution in [2.24, 2.45) is 5.73 Å². The zero-order valence-corrected chi connectivity index (χ0v) is 10.0. The summed E-state index contributed by atoms with van der Waals surface area (Å²) in [5, 5.41) is 4.41. The molecule has 2 N–H and O–H groups in total. The van der Waals surface area contributed by atoms with E-state index in [9.17, 15) is 0 Å². The number of rotatable bonds is 1. The number of fused-ring (bicyclic) bond motifs is 1. The fraction of sp³-hybridized carbons (Fsp3) is 0.500. The Morgan fingerprint density at radius 1 is 1.47 bits per heavy atom. The van der Waals surface area contributed by atoms with E-state index >= 15 is 0 Å². The summed E-state index contributed by atoms with van der Waals surface area (Å²) in [7, 11) is 0. The van der Waals surface area contributed by atoms with Crippen molar-refractivity contribution in [1.82, 2.24) is 14.6 Å². The summed E-state index contributed by atoms with van der Waals surface area (Å²) in [4.78, 5) is 6.76. The Balaban J connectivity index is 2.04. The van der Waals surface area contributed by atoms with E-state index in [4.69, 9.17) is 5.73 Å². The van der Waals surface area contributed by atoms with Crippen molar-refractivity contribution in [1.29, 1.82) is 0 Å². The van der Waals surface area contributed by atoms with E-state index in [0.29, 0.717) is 0 Å². The Hall–Kier alpha value is -1.62. The van der Waals surface area contributed by atoms with Crippen molar-refractivity contribution in [2.45, 2.75) is 25.8 Å². The van der Waals surface area contributed by atoms with Crippen LogP contribution in [0.4, 0.5) is 5.82 Å². The molecule has 5 heteroatoms. The summed E-state index contributed by atoms with van der Waals surface area (Å²) in [6, 6.07) is 2.33. The number of aromatic nitrogens is 3. The second-order valence-corrected chi connectivity index (χ2v) is 4.71. The minimum absolute atomic E-state index is 0.259. The monoisotopic (exact) mass is 231 g/mol. The zero-order valence-electron chi connectivity index (χ0n) is 10.0. The molecule has 5 nitrogen and oxygen atoms in total. The van der Waals surface area contributed by atoms with Gasteiger partial charge in [-0.05, 0) is 25.8 Å². The van der Waals surface area contributed by atoms with E-state index in [1.165, 1.54) is 0 Å². The standard InChI is InChI=1S/C12H17N5/c1-9-7-11-12(14-4-6-17(11)15-9)16-5-2-3-10(13)8-16/h4,6-7,10H,2-3,5,8,13H2,1H3/t10-/m0/s1. The fourth-order valence-corrected chi connectivity index (χ4v) is 2.48. The number of nitrogens with zero attached hydrogens (tertiary/aromatic N) is 4. The van der Waals surface area contributed by atoms with Crippen LogP contribution in [0.1, 0.15) is 18.5 Å². The number of anilines is 1. The normalized spacial score (nSPS) is 21.1. The summed E-state index contributed by atoms with van der Waals surface area (Å²) in [5.41, 5.74) is 8.10. The smallest absolute Gasteiger partial charge is 0.154 e. The highest BCUT2D eigenvalue weighted by Crippen LogP contribution is 2.22. The topological polar surface area (TPSA) is 59.5 Å². The molecule has 0 unspecified atom stereocenters. The molecule has 0 saturated carbocycles. The lowest BCUT2D eigenvalue weighted by atomic mass is 10.1. The molecule has 1 atom stereocenters. The SMILES string of the molecule is Cc1cc2c(N3CCC[C@H](N)C3)nccn2n1. The molecule has 0 amide bonds. The molecule has 1 saturated heterocycles. The second-order valence-electron chi connectivity index (χ2n) is 4.71. The Labute approximate surface area is 100 Å². The lowest BCUT2D eigenvalue weighted by molar-refractivity contribution is 0.503. The first-order valence-corrected chi connectivity index (χ1v) is 6.05. The fourth-order valence-electron chi connectivity index (χ4n) is 2.48. The number of hydrogen-bond acceptors (Lipinski definition) is 4. The van der Waals surface area contributed by atoms with Crippen molar-refractivity contribution >= 4 is 11.3 Å². The average molecular weight is 231 g/mol. The Morgan fingerprint density at radius 3 is 3.18 bits per heavy atom. The van der Waals surface area contributed by atoms with Crippen LogP contribution in [-0.2, 0) is 0 Å². The molecular weight excluding hydrogens is 214 g/mol. The van der Waals surface area contributed by atoms with Crippen LogP contribution in [-0.4, -0.2) is 33.7 Å². The maximum Gasteiger partial charge on any atom is 0.154 e. The lowest BCUT2D eigenvalue weighted by Crippen LogP contribution is -2.43. The van der Waals surface area contributed by atoms with Gasteiger partial charge < -0.3 is 10.6 Å². The molecule has 2 aromatic heterocycles. The van der Waals surface area contributed by atoms with Crippen molar-refractivity contribution < 1.29 is 0 Å². The lowest BCUT2D eigenvalue weighted by Gasteiger charge is -2.31. The maximum absolute atomic E-state index is 6.02. The minimum atomic E-state index is 0.259. The Kier molecular flexibility index (Phi) is 2.48. The molecule has 2 aromatic rings. The summed E-state index contributed by atoms with van der Waals surface area (Å²) in [6.07, 6.45) is 5.93.